The Balaban J connectivity index is 0.00000176. The first-order chi connectivity index (χ1) is 10.2. The quantitative estimate of drug-likeness (QED) is 0.891. The van der Waals surface area contributed by atoms with Gasteiger partial charge in [-0.2, -0.15) is 11.8 Å². The van der Waals surface area contributed by atoms with Crippen LogP contribution in [0.5, 0.6) is 0 Å². The Morgan fingerprint density at radius 3 is 2.77 bits per heavy atom. The summed E-state index contributed by atoms with van der Waals surface area (Å²) in [6, 6.07) is 7.32. The Morgan fingerprint density at radius 1 is 1.36 bits per heavy atom. The summed E-state index contributed by atoms with van der Waals surface area (Å²) in [5, 5.41) is 3.40. The van der Waals surface area contributed by atoms with E-state index in [4.69, 9.17) is 0 Å². The summed E-state index contributed by atoms with van der Waals surface area (Å²) < 4.78 is 13.8. The van der Waals surface area contributed by atoms with Gasteiger partial charge in [0.15, 0.2) is 0 Å². The zero-order chi connectivity index (χ0) is 14.7. The third kappa shape index (κ3) is 4.61. The van der Waals surface area contributed by atoms with Crippen molar-refractivity contribution in [3.8, 4) is 0 Å². The van der Waals surface area contributed by atoms with Gasteiger partial charge in [0.25, 0.3) is 0 Å². The number of nitrogens with one attached hydrogen (secondary N) is 1. The van der Waals surface area contributed by atoms with E-state index < -0.39 is 0 Å². The van der Waals surface area contributed by atoms with Crippen molar-refractivity contribution < 1.29 is 9.18 Å². The molecule has 1 aromatic rings. The van der Waals surface area contributed by atoms with E-state index in [-0.39, 0.29) is 30.2 Å². The highest BCUT2D eigenvalue weighted by Crippen LogP contribution is 2.30. The second kappa shape index (κ2) is 8.18. The number of nitrogens with zero attached hydrogens (tertiary/aromatic N) is 1. The molecule has 2 aliphatic rings. The predicted molar refractivity (Wildman–Crippen MR) is 91.0 cm³/mol. The lowest BCUT2D eigenvalue weighted by atomic mass is 10.1. The second-order valence-corrected chi connectivity index (χ2v) is 6.92. The molecule has 6 heteroatoms. The average Bonchev–Trinajstić information content (AvgIpc) is 3.32. The highest BCUT2D eigenvalue weighted by Gasteiger charge is 2.33. The molecule has 1 saturated carbocycles. The van der Waals surface area contributed by atoms with Crippen LogP contribution < -0.4 is 5.32 Å². The molecule has 1 heterocycles. The number of carbonyl (C=O) groups excluding carboxylic acids is 1. The Labute approximate surface area is 141 Å². The van der Waals surface area contributed by atoms with Crippen molar-refractivity contribution in [3.05, 3.63) is 35.6 Å². The van der Waals surface area contributed by atoms with Gasteiger partial charge in [-0.15, -0.1) is 12.4 Å². The number of amides is 1. The zero-order valence-corrected chi connectivity index (χ0v) is 14.1. The van der Waals surface area contributed by atoms with Crippen LogP contribution in [-0.4, -0.2) is 40.9 Å². The van der Waals surface area contributed by atoms with Crippen molar-refractivity contribution in [2.24, 2.45) is 0 Å². The summed E-state index contributed by atoms with van der Waals surface area (Å²) in [5.74, 6) is 2.04. The van der Waals surface area contributed by atoms with Gasteiger partial charge < -0.3 is 10.2 Å². The zero-order valence-electron chi connectivity index (χ0n) is 12.5. The van der Waals surface area contributed by atoms with Crippen LogP contribution in [0.25, 0.3) is 0 Å². The molecule has 1 atom stereocenters. The molecule has 3 rings (SSSR count). The lowest BCUT2D eigenvalue weighted by Crippen LogP contribution is -2.43. The molecule has 0 aromatic heterocycles. The van der Waals surface area contributed by atoms with E-state index in [9.17, 15) is 9.18 Å². The molecule has 1 aliphatic heterocycles. The molecule has 1 unspecified atom stereocenters. The maximum atomic E-state index is 13.8. The summed E-state index contributed by atoms with van der Waals surface area (Å²) in [6.07, 6.45) is 2.62. The highest BCUT2D eigenvalue weighted by molar-refractivity contribution is 7.99. The van der Waals surface area contributed by atoms with Crippen molar-refractivity contribution in [3.63, 3.8) is 0 Å². The number of halogens is 2. The number of thioether (sulfide) groups is 1. The van der Waals surface area contributed by atoms with Gasteiger partial charge in [-0.25, -0.2) is 4.39 Å². The van der Waals surface area contributed by atoms with Crippen LogP contribution in [0.3, 0.4) is 0 Å². The van der Waals surface area contributed by atoms with Gasteiger partial charge in [0.05, 0.1) is 0 Å². The number of hydrogen-bond acceptors (Lipinski definition) is 3. The summed E-state index contributed by atoms with van der Waals surface area (Å²) in [7, 11) is 0. The van der Waals surface area contributed by atoms with Gasteiger partial charge in [-0.1, -0.05) is 18.2 Å². The molecule has 0 bridgehead atoms. The maximum absolute atomic E-state index is 13.8. The smallest absolute Gasteiger partial charge is 0.224 e. The maximum Gasteiger partial charge on any atom is 0.224 e. The molecule has 2 fully saturated rings. The van der Waals surface area contributed by atoms with E-state index in [2.05, 4.69) is 5.32 Å². The number of benzene rings is 1. The minimum Gasteiger partial charge on any atom is -0.335 e. The van der Waals surface area contributed by atoms with E-state index in [1.165, 1.54) is 6.07 Å². The van der Waals surface area contributed by atoms with Crippen molar-refractivity contribution in [2.75, 3.05) is 18.1 Å². The number of rotatable bonds is 5. The molecule has 1 aliphatic carbocycles. The normalized spacial score (nSPS) is 21.0. The summed E-state index contributed by atoms with van der Waals surface area (Å²) in [4.78, 5) is 14.4. The third-order valence-corrected chi connectivity index (χ3v) is 5.16. The standard InChI is InChI=1S/C16H21FN2OS.ClH/c17-15-4-2-1-3-12(15)10-19(14-5-6-14)16(20)9-13-11-21-8-7-18-13;/h1-4,13-14,18H,5-11H2;1H. The molecular formula is C16H22ClFN2OS. The van der Waals surface area contributed by atoms with Gasteiger partial charge in [0, 0.05) is 48.7 Å². The topological polar surface area (TPSA) is 32.3 Å². The SMILES string of the molecule is Cl.O=C(CC1CSCCN1)N(Cc1ccccc1F)C1CC1. The van der Waals surface area contributed by atoms with Gasteiger partial charge in [-0.05, 0) is 18.9 Å². The second-order valence-electron chi connectivity index (χ2n) is 5.77. The van der Waals surface area contributed by atoms with Crippen LogP contribution in [0.4, 0.5) is 4.39 Å². The minimum absolute atomic E-state index is 0. The predicted octanol–water partition coefficient (Wildman–Crippen LogP) is 2.83. The van der Waals surface area contributed by atoms with Crippen LogP contribution in [0.15, 0.2) is 24.3 Å². The molecule has 3 nitrogen and oxygen atoms in total. The summed E-state index contributed by atoms with van der Waals surface area (Å²) in [5.41, 5.74) is 0.615. The van der Waals surface area contributed by atoms with Crippen molar-refractivity contribution in [2.45, 2.75) is 37.9 Å². The van der Waals surface area contributed by atoms with E-state index >= 15 is 0 Å². The first-order valence-electron chi connectivity index (χ1n) is 7.58. The van der Waals surface area contributed by atoms with Crippen LogP contribution in [0.1, 0.15) is 24.8 Å². The fourth-order valence-electron chi connectivity index (χ4n) is 2.70. The van der Waals surface area contributed by atoms with E-state index in [1.807, 2.05) is 22.7 Å². The van der Waals surface area contributed by atoms with Crippen LogP contribution in [0, 0.1) is 5.82 Å². The fourth-order valence-corrected chi connectivity index (χ4v) is 3.65. The molecule has 1 aromatic carbocycles. The highest BCUT2D eigenvalue weighted by atomic mass is 35.5. The fraction of sp³-hybridized carbons (Fsp3) is 0.562. The third-order valence-electron chi connectivity index (χ3n) is 4.03. The van der Waals surface area contributed by atoms with Crippen LogP contribution >= 0.6 is 24.2 Å². The lowest BCUT2D eigenvalue weighted by molar-refractivity contribution is -0.132. The van der Waals surface area contributed by atoms with Gasteiger partial charge in [0.2, 0.25) is 5.91 Å². The molecule has 22 heavy (non-hydrogen) atoms. The average molecular weight is 345 g/mol. The van der Waals surface area contributed by atoms with Gasteiger partial charge in [0.1, 0.15) is 5.82 Å². The first-order valence-corrected chi connectivity index (χ1v) is 8.73. The molecule has 1 N–H and O–H groups in total. The van der Waals surface area contributed by atoms with E-state index in [1.54, 1.807) is 12.1 Å². The molecule has 1 amide bonds. The van der Waals surface area contributed by atoms with Gasteiger partial charge in [-0.3, -0.25) is 4.79 Å². The Bertz CT molecular complexity index is 507. The minimum atomic E-state index is -0.220. The van der Waals surface area contributed by atoms with Crippen LogP contribution in [-0.2, 0) is 11.3 Å². The van der Waals surface area contributed by atoms with E-state index in [0.717, 1.165) is 30.9 Å². The molecule has 122 valence electrons. The Hall–Kier alpha value is -0.780. The monoisotopic (exact) mass is 344 g/mol. The Morgan fingerprint density at radius 2 is 2.14 bits per heavy atom. The van der Waals surface area contributed by atoms with Crippen LogP contribution in [0.2, 0.25) is 0 Å². The van der Waals surface area contributed by atoms with Crippen molar-refractivity contribution in [1.29, 1.82) is 0 Å². The van der Waals surface area contributed by atoms with Gasteiger partial charge >= 0.3 is 0 Å². The molecule has 0 spiro atoms. The largest absolute Gasteiger partial charge is 0.335 e. The van der Waals surface area contributed by atoms with Crippen molar-refractivity contribution in [1.82, 2.24) is 10.2 Å². The molecule has 0 radical (unpaired) electrons. The number of hydrogen-bond donors (Lipinski definition) is 1. The molecule has 1 saturated heterocycles. The first kappa shape index (κ1) is 17.6. The lowest BCUT2D eigenvalue weighted by Gasteiger charge is -2.27. The Kier molecular flexibility index (Phi) is 6.53. The summed E-state index contributed by atoms with van der Waals surface area (Å²) in [6.45, 7) is 1.37. The number of carbonyl (C=O) groups is 1. The molecular weight excluding hydrogens is 323 g/mol. The summed E-state index contributed by atoms with van der Waals surface area (Å²) >= 11 is 1.89. The van der Waals surface area contributed by atoms with Crippen molar-refractivity contribution >= 4 is 30.1 Å². The van der Waals surface area contributed by atoms with E-state index in [0.29, 0.717) is 24.6 Å².